The van der Waals surface area contributed by atoms with E-state index in [0.717, 1.165) is 6.42 Å². The second kappa shape index (κ2) is 4.00. The summed E-state index contributed by atoms with van der Waals surface area (Å²) in [5.74, 6) is 0.466. The number of hydrogen-bond acceptors (Lipinski definition) is 3. The Balaban J connectivity index is 1.94. The van der Waals surface area contributed by atoms with Gasteiger partial charge in [0.1, 0.15) is 12.2 Å². The topological polar surface area (TPSA) is 38.8 Å². The van der Waals surface area contributed by atoms with Crippen LogP contribution in [0.1, 0.15) is 66.7 Å². The minimum absolute atomic E-state index is 0.0822. The van der Waals surface area contributed by atoms with Crippen molar-refractivity contribution in [3.63, 3.8) is 0 Å². The predicted octanol–water partition coefficient (Wildman–Crippen LogP) is 3.70. The normalized spacial score (nSPS) is 49.0. The maximum absolute atomic E-state index is 11.3. The maximum Gasteiger partial charge on any atom is 0.302 e. The number of fused-ring (bicyclic) bond motifs is 3. The van der Waals surface area contributed by atoms with Crippen LogP contribution in [0.2, 0.25) is 0 Å². The van der Waals surface area contributed by atoms with Gasteiger partial charge < -0.3 is 9.47 Å². The van der Waals surface area contributed by atoms with E-state index in [2.05, 4.69) is 27.7 Å². The van der Waals surface area contributed by atoms with Gasteiger partial charge in [0, 0.05) is 12.3 Å². The lowest BCUT2D eigenvalue weighted by atomic mass is 9.46. The average Bonchev–Trinajstić information content (AvgIpc) is 2.94. The van der Waals surface area contributed by atoms with Crippen molar-refractivity contribution in [3.8, 4) is 0 Å². The van der Waals surface area contributed by atoms with Gasteiger partial charge in [0.2, 0.25) is 0 Å². The average molecular weight is 280 g/mol. The summed E-state index contributed by atoms with van der Waals surface area (Å²) in [6, 6.07) is 0. The first-order valence-corrected chi connectivity index (χ1v) is 8.00. The number of carbonyl (C=O) groups is 1. The molecule has 0 amide bonds. The molecule has 1 heterocycles. The zero-order chi connectivity index (χ0) is 14.8. The van der Waals surface area contributed by atoms with Gasteiger partial charge in [-0.3, -0.25) is 4.79 Å². The summed E-state index contributed by atoms with van der Waals surface area (Å²) >= 11 is 0. The van der Waals surface area contributed by atoms with Gasteiger partial charge in [-0.1, -0.05) is 27.2 Å². The minimum Gasteiger partial charge on any atom is -0.463 e. The third kappa shape index (κ3) is 1.65. The van der Waals surface area contributed by atoms with E-state index in [0.29, 0.717) is 17.9 Å². The lowest BCUT2D eigenvalue weighted by molar-refractivity contribution is -0.149. The smallest absolute Gasteiger partial charge is 0.302 e. The molecule has 0 unspecified atom stereocenters. The van der Waals surface area contributed by atoms with Gasteiger partial charge in [-0.25, -0.2) is 0 Å². The number of ether oxygens (including phenoxy) is 2. The highest BCUT2D eigenvalue weighted by Crippen LogP contribution is 2.72. The Kier molecular flexibility index (Phi) is 2.87. The lowest BCUT2D eigenvalue weighted by Crippen LogP contribution is -2.58. The van der Waals surface area contributed by atoms with Gasteiger partial charge >= 0.3 is 5.97 Å². The molecule has 0 aromatic rings. The molecular formula is C17H28O3. The Morgan fingerprint density at radius 1 is 1.20 bits per heavy atom. The van der Waals surface area contributed by atoms with E-state index in [-0.39, 0.29) is 22.6 Å². The van der Waals surface area contributed by atoms with Crippen LogP contribution in [0, 0.1) is 16.7 Å². The van der Waals surface area contributed by atoms with Crippen LogP contribution in [-0.2, 0) is 14.3 Å². The fraction of sp³-hybridized carbons (Fsp3) is 0.941. The van der Waals surface area contributed by atoms with Crippen molar-refractivity contribution in [3.05, 3.63) is 0 Å². The minimum atomic E-state index is -0.244. The molecule has 0 bridgehead atoms. The van der Waals surface area contributed by atoms with Crippen molar-refractivity contribution in [2.45, 2.75) is 77.9 Å². The van der Waals surface area contributed by atoms with E-state index in [9.17, 15) is 4.79 Å². The molecule has 2 aliphatic carbocycles. The molecule has 3 aliphatic rings. The van der Waals surface area contributed by atoms with Gasteiger partial charge in [0.15, 0.2) is 0 Å². The largest absolute Gasteiger partial charge is 0.463 e. The molecule has 114 valence electrons. The predicted molar refractivity (Wildman–Crippen MR) is 77.3 cm³/mol. The molecule has 0 spiro atoms. The second-order valence-corrected chi connectivity index (χ2v) is 8.29. The van der Waals surface area contributed by atoms with Crippen molar-refractivity contribution in [2.24, 2.45) is 16.7 Å². The Morgan fingerprint density at radius 2 is 1.90 bits per heavy atom. The third-order valence-corrected chi connectivity index (χ3v) is 6.75. The Bertz CT molecular complexity index is 444. The highest BCUT2D eigenvalue weighted by molar-refractivity contribution is 5.66. The van der Waals surface area contributed by atoms with Gasteiger partial charge in [0.05, 0.1) is 5.60 Å². The van der Waals surface area contributed by atoms with Gasteiger partial charge in [-0.05, 0) is 43.9 Å². The summed E-state index contributed by atoms with van der Waals surface area (Å²) in [6.07, 6.45) is 6.08. The molecule has 3 nitrogen and oxygen atoms in total. The molecule has 1 aliphatic heterocycles. The Morgan fingerprint density at radius 3 is 2.55 bits per heavy atom. The third-order valence-electron chi connectivity index (χ3n) is 6.75. The number of carbonyl (C=O) groups excluding carboxylic acids is 1. The van der Waals surface area contributed by atoms with Crippen molar-refractivity contribution in [2.75, 3.05) is 6.61 Å². The van der Waals surface area contributed by atoms with Gasteiger partial charge in [0.25, 0.3) is 0 Å². The van der Waals surface area contributed by atoms with Crippen molar-refractivity contribution in [1.82, 2.24) is 0 Å². The fourth-order valence-electron chi connectivity index (χ4n) is 5.62. The van der Waals surface area contributed by atoms with E-state index in [4.69, 9.17) is 9.47 Å². The molecule has 0 aromatic carbocycles. The van der Waals surface area contributed by atoms with Crippen LogP contribution in [-0.4, -0.2) is 23.8 Å². The summed E-state index contributed by atoms with van der Waals surface area (Å²) in [6.45, 7) is 11.3. The van der Waals surface area contributed by atoms with Gasteiger partial charge in [-0.15, -0.1) is 0 Å². The first-order valence-electron chi connectivity index (χ1n) is 8.00. The summed E-state index contributed by atoms with van der Waals surface area (Å²) in [5.41, 5.74) is 0.175. The van der Waals surface area contributed by atoms with Crippen LogP contribution in [0.5, 0.6) is 0 Å². The van der Waals surface area contributed by atoms with Crippen LogP contribution in [0.25, 0.3) is 0 Å². The first kappa shape index (κ1) is 14.4. The molecule has 0 N–H and O–H groups in total. The highest BCUT2D eigenvalue weighted by Gasteiger charge is 2.79. The lowest BCUT2D eigenvalue weighted by Gasteiger charge is -2.56. The number of hydrogen-bond donors (Lipinski definition) is 0. The van der Waals surface area contributed by atoms with E-state index in [1.807, 2.05) is 0 Å². The van der Waals surface area contributed by atoms with Crippen LogP contribution in [0.15, 0.2) is 0 Å². The highest BCUT2D eigenvalue weighted by atomic mass is 16.7. The van der Waals surface area contributed by atoms with E-state index < -0.39 is 0 Å². The first-order chi connectivity index (χ1) is 9.17. The Labute approximate surface area is 122 Å². The van der Waals surface area contributed by atoms with Gasteiger partial charge in [-0.2, -0.15) is 0 Å². The number of rotatable bonds is 2. The fourth-order valence-corrected chi connectivity index (χ4v) is 5.62. The molecule has 1 saturated heterocycles. The molecule has 4 atom stereocenters. The monoisotopic (exact) mass is 280 g/mol. The zero-order valence-electron chi connectivity index (χ0n) is 13.5. The summed E-state index contributed by atoms with van der Waals surface area (Å²) in [5, 5.41) is 0. The zero-order valence-corrected chi connectivity index (χ0v) is 13.5. The van der Waals surface area contributed by atoms with Crippen molar-refractivity contribution < 1.29 is 14.3 Å². The van der Waals surface area contributed by atoms with E-state index in [1.54, 1.807) is 0 Å². The van der Waals surface area contributed by atoms with Crippen molar-refractivity contribution in [1.29, 1.82) is 0 Å². The van der Waals surface area contributed by atoms with E-state index in [1.165, 1.54) is 32.6 Å². The molecule has 2 saturated carbocycles. The van der Waals surface area contributed by atoms with Crippen LogP contribution >= 0.6 is 0 Å². The van der Waals surface area contributed by atoms with E-state index >= 15 is 0 Å². The second-order valence-electron chi connectivity index (χ2n) is 8.29. The summed E-state index contributed by atoms with van der Waals surface area (Å²) in [4.78, 5) is 11.3. The molecule has 3 heteroatoms. The van der Waals surface area contributed by atoms with Crippen LogP contribution < -0.4 is 0 Å². The Hall–Kier alpha value is -0.570. The van der Waals surface area contributed by atoms with Crippen LogP contribution in [0.3, 0.4) is 0 Å². The molecule has 3 fully saturated rings. The summed E-state index contributed by atoms with van der Waals surface area (Å²) in [7, 11) is 0. The molecule has 0 radical (unpaired) electrons. The SMILES string of the molecule is CC(=O)OC[C@@]12O[C@]1(C)CC[C@H]1C(C)(C)CCC[C@@]12C. The van der Waals surface area contributed by atoms with Crippen LogP contribution in [0.4, 0.5) is 0 Å². The molecular weight excluding hydrogens is 252 g/mol. The number of esters is 1. The quantitative estimate of drug-likeness (QED) is 0.572. The van der Waals surface area contributed by atoms with Crippen molar-refractivity contribution >= 4 is 5.97 Å². The molecule has 3 rings (SSSR count). The standard InChI is InChI=1S/C17H28O3/c1-12(18)19-11-17-15(4)9-6-8-14(2,3)13(15)7-10-16(17,5)20-17/h13H,6-11H2,1-5H3/t13-,15-,16+,17-/m0/s1. The molecule has 20 heavy (non-hydrogen) atoms. The summed E-state index contributed by atoms with van der Waals surface area (Å²) < 4.78 is 11.7. The maximum atomic E-state index is 11.3. The number of epoxide rings is 1. The molecule has 0 aromatic heterocycles.